The van der Waals surface area contributed by atoms with Gasteiger partial charge in [-0.05, 0) is 40.9 Å². The van der Waals surface area contributed by atoms with E-state index in [1.54, 1.807) is 6.20 Å². The number of hydrogen-bond donors (Lipinski definition) is 1. The highest BCUT2D eigenvalue weighted by atomic mass is 79.9. The Bertz CT molecular complexity index is 608. The molecule has 1 heterocycles. The van der Waals surface area contributed by atoms with Crippen molar-refractivity contribution in [1.82, 2.24) is 15.1 Å². The molecule has 19 heavy (non-hydrogen) atoms. The van der Waals surface area contributed by atoms with E-state index in [2.05, 4.69) is 26.3 Å². The van der Waals surface area contributed by atoms with Crippen LogP contribution in [0.2, 0.25) is 0 Å². The highest BCUT2D eigenvalue weighted by Gasteiger charge is 2.20. The highest BCUT2D eigenvalue weighted by molar-refractivity contribution is 9.10. The molecule has 0 spiro atoms. The Morgan fingerprint density at radius 3 is 2.84 bits per heavy atom. The van der Waals surface area contributed by atoms with E-state index >= 15 is 0 Å². The third kappa shape index (κ3) is 2.84. The molecular formula is C13H12BrF2N3. The van der Waals surface area contributed by atoms with Gasteiger partial charge < -0.3 is 5.32 Å². The lowest BCUT2D eigenvalue weighted by Crippen LogP contribution is -2.15. The lowest BCUT2D eigenvalue weighted by molar-refractivity contribution is 0.568. The minimum absolute atomic E-state index is 0.219. The van der Waals surface area contributed by atoms with Gasteiger partial charge >= 0.3 is 0 Å². The fourth-order valence-corrected chi connectivity index (χ4v) is 2.15. The summed E-state index contributed by atoms with van der Waals surface area (Å²) in [6.45, 7) is 0.668. The number of nitrogens with zero attached hydrogens (tertiary/aromatic N) is 2. The molecule has 0 unspecified atom stereocenters. The van der Waals surface area contributed by atoms with Crippen molar-refractivity contribution in [2.24, 2.45) is 0 Å². The van der Waals surface area contributed by atoms with Crippen LogP contribution in [0.5, 0.6) is 0 Å². The summed E-state index contributed by atoms with van der Waals surface area (Å²) in [5, 5.41) is 7.62. The van der Waals surface area contributed by atoms with Crippen molar-refractivity contribution in [3.05, 3.63) is 46.2 Å². The maximum absolute atomic E-state index is 13.7. The molecule has 1 aliphatic rings. The van der Waals surface area contributed by atoms with E-state index in [1.807, 2.05) is 6.07 Å². The van der Waals surface area contributed by atoms with Crippen molar-refractivity contribution in [1.29, 1.82) is 0 Å². The van der Waals surface area contributed by atoms with Crippen LogP contribution in [0.25, 0.3) is 5.69 Å². The zero-order valence-electron chi connectivity index (χ0n) is 10.0. The van der Waals surface area contributed by atoms with Gasteiger partial charge in [0, 0.05) is 24.8 Å². The summed E-state index contributed by atoms with van der Waals surface area (Å²) < 4.78 is 28.5. The summed E-state index contributed by atoms with van der Waals surface area (Å²) in [6, 6.07) is 4.66. The number of hydrogen-bond acceptors (Lipinski definition) is 2. The minimum Gasteiger partial charge on any atom is -0.308 e. The Kier molecular flexibility index (Phi) is 3.36. The van der Waals surface area contributed by atoms with Gasteiger partial charge in [-0.1, -0.05) is 0 Å². The predicted molar refractivity (Wildman–Crippen MR) is 71.0 cm³/mol. The third-order valence-corrected chi connectivity index (χ3v) is 3.64. The van der Waals surface area contributed by atoms with Crippen LogP contribution in [0.3, 0.4) is 0 Å². The van der Waals surface area contributed by atoms with Gasteiger partial charge in [0.25, 0.3) is 0 Å². The fraction of sp³-hybridized carbons (Fsp3) is 0.308. The molecule has 0 amide bonds. The predicted octanol–water partition coefficient (Wildman–Crippen LogP) is 3.17. The van der Waals surface area contributed by atoms with E-state index in [0.717, 1.165) is 11.8 Å². The maximum Gasteiger partial charge on any atom is 0.151 e. The van der Waals surface area contributed by atoms with Crippen molar-refractivity contribution < 1.29 is 8.78 Å². The summed E-state index contributed by atoms with van der Waals surface area (Å²) in [6.07, 6.45) is 4.09. The third-order valence-electron chi connectivity index (χ3n) is 3.03. The van der Waals surface area contributed by atoms with E-state index in [-0.39, 0.29) is 10.2 Å². The van der Waals surface area contributed by atoms with E-state index in [9.17, 15) is 8.78 Å². The molecule has 1 aliphatic carbocycles. The Balaban J connectivity index is 1.83. The molecule has 1 aromatic carbocycles. The van der Waals surface area contributed by atoms with Gasteiger partial charge in [-0.2, -0.15) is 5.10 Å². The molecule has 0 bridgehead atoms. The van der Waals surface area contributed by atoms with Gasteiger partial charge in [0.15, 0.2) is 5.82 Å². The van der Waals surface area contributed by atoms with Crippen molar-refractivity contribution in [2.75, 3.05) is 0 Å². The number of rotatable bonds is 4. The van der Waals surface area contributed by atoms with E-state index in [1.165, 1.54) is 23.6 Å². The summed E-state index contributed by atoms with van der Waals surface area (Å²) in [5.74, 6) is -1.26. The average Bonchev–Trinajstić information content (AvgIpc) is 3.09. The molecule has 100 valence electrons. The summed E-state index contributed by atoms with van der Waals surface area (Å²) in [7, 11) is 0. The van der Waals surface area contributed by atoms with Crippen LogP contribution in [0.15, 0.2) is 28.9 Å². The lowest BCUT2D eigenvalue weighted by Gasteiger charge is -2.05. The molecule has 1 aromatic heterocycles. The Morgan fingerprint density at radius 1 is 1.32 bits per heavy atom. The number of aromatic nitrogens is 2. The molecule has 1 N–H and O–H groups in total. The SMILES string of the molecule is Fc1cc(F)c(-n2ccc(CNC3CC3)n2)cc1Br. The van der Waals surface area contributed by atoms with Crippen LogP contribution in [-0.4, -0.2) is 15.8 Å². The van der Waals surface area contributed by atoms with Crippen LogP contribution < -0.4 is 5.32 Å². The first-order valence-electron chi connectivity index (χ1n) is 6.06. The zero-order valence-corrected chi connectivity index (χ0v) is 11.6. The first-order chi connectivity index (χ1) is 9.13. The Labute approximate surface area is 117 Å². The molecule has 0 saturated heterocycles. The molecular weight excluding hydrogens is 316 g/mol. The Hall–Kier alpha value is -1.27. The molecule has 3 rings (SSSR count). The summed E-state index contributed by atoms with van der Waals surface area (Å²) in [4.78, 5) is 0. The molecule has 0 aliphatic heterocycles. The minimum atomic E-state index is -0.634. The van der Waals surface area contributed by atoms with Gasteiger partial charge in [0.1, 0.15) is 11.5 Å². The van der Waals surface area contributed by atoms with Crippen molar-refractivity contribution in [2.45, 2.75) is 25.4 Å². The van der Waals surface area contributed by atoms with Crippen LogP contribution in [0.1, 0.15) is 18.5 Å². The van der Waals surface area contributed by atoms with Crippen molar-refractivity contribution >= 4 is 15.9 Å². The molecule has 1 fully saturated rings. The molecule has 1 saturated carbocycles. The average molecular weight is 328 g/mol. The van der Waals surface area contributed by atoms with Gasteiger partial charge in [-0.15, -0.1) is 0 Å². The molecule has 2 aromatic rings. The van der Waals surface area contributed by atoms with E-state index in [4.69, 9.17) is 0 Å². The molecule has 6 heteroatoms. The number of halogens is 3. The van der Waals surface area contributed by atoms with Crippen molar-refractivity contribution in [3.63, 3.8) is 0 Å². The van der Waals surface area contributed by atoms with Gasteiger partial charge in [-0.3, -0.25) is 0 Å². The first kappa shape index (κ1) is 12.7. The standard InChI is InChI=1S/C13H12BrF2N3/c14-10-5-13(12(16)6-11(10)15)19-4-3-9(18-19)7-17-8-1-2-8/h3-6,8,17H,1-2,7H2. The summed E-state index contributed by atoms with van der Waals surface area (Å²) >= 11 is 3.05. The second-order valence-corrected chi connectivity index (χ2v) is 5.48. The van der Waals surface area contributed by atoms with Gasteiger partial charge in [-0.25, -0.2) is 13.5 Å². The normalized spacial score (nSPS) is 14.9. The monoisotopic (exact) mass is 327 g/mol. The van der Waals surface area contributed by atoms with Crippen LogP contribution >= 0.6 is 15.9 Å². The quantitative estimate of drug-likeness (QED) is 0.874. The molecule has 0 radical (unpaired) electrons. The van der Waals surface area contributed by atoms with E-state index < -0.39 is 11.6 Å². The number of benzene rings is 1. The van der Waals surface area contributed by atoms with E-state index in [0.29, 0.717) is 12.6 Å². The number of nitrogens with one attached hydrogen (secondary N) is 1. The zero-order chi connectivity index (χ0) is 13.4. The summed E-state index contributed by atoms with van der Waals surface area (Å²) in [5.41, 5.74) is 1.07. The largest absolute Gasteiger partial charge is 0.308 e. The Morgan fingerprint density at radius 2 is 2.11 bits per heavy atom. The second kappa shape index (κ2) is 5.02. The second-order valence-electron chi connectivity index (χ2n) is 4.62. The molecule has 3 nitrogen and oxygen atoms in total. The van der Waals surface area contributed by atoms with Crippen LogP contribution in [0.4, 0.5) is 8.78 Å². The van der Waals surface area contributed by atoms with Crippen LogP contribution in [0, 0.1) is 11.6 Å². The van der Waals surface area contributed by atoms with Gasteiger partial charge in [0.05, 0.1) is 10.2 Å². The maximum atomic E-state index is 13.7. The first-order valence-corrected chi connectivity index (χ1v) is 6.85. The smallest absolute Gasteiger partial charge is 0.151 e. The van der Waals surface area contributed by atoms with Gasteiger partial charge in [0.2, 0.25) is 0 Å². The topological polar surface area (TPSA) is 29.9 Å². The van der Waals surface area contributed by atoms with Crippen molar-refractivity contribution in [3.8, 4) is 5.69 Å². The lowest BCUT2D eigenvalue weighted by atomic mass is 10.3. The van der Waals surface area contributed by atoms with Crippen LogP contribution in [-0.2, 0) is 6.54 Å². The molecule has 0 atom stereocenters. The highest BCUT2D eigenvalue weighted by Crippen LogP contribution is 2.23. The fourth-order valence-electron chi connectivity index (χ4n) is 1.81.